The second-order valence-corrected chi connectivity index (χ2v) is 5.04. The van der Waals surface area contributed by atoms with Crippen molar-refractivity contribution in [3.8, 4) is 0 Å². The summed E-state index contributed by atoms with van der Waals surface area (Å²) in [5.41, 5.74) is 4.49. The van der Waals surface area contributed by atoms with Crippen LogP contribution >= 0.6 is 11.6 Å². The van der Waals surface area contributed by atoms with Gasteiger partial charge in [-0.15, -0.1) is 0 Å². The van der Waals surface area contributed by atoms with Gasteiger partial charge >= 0.3 is 0 Å². The lowest BCUT2D eigenvalue weighted by Gasteiger charge is -2.17. The molecule has 0 aliphatic carbocycles. The molecule has 0 atom stereocenters. The Kier molecular flexibility index (Phi) is 4.72. The molecule has 7 heteroatoms. The summed E-state index contributed by atoms with van der Waals surface area (Å²) in [4.78, 5) is 22.3. The molecule has 6 nitrogen and oxygen atoms in total. The molecule has 110 valence electrons. The molecule has 0 bridgehead atoms. The van der Waals surface area contributed by atoms with E-state index in [9.17, 15) is 4.79 Å². The molecule has 0 radical (unpaired) electrons. The van der Waals surface area contributed by atoms with Gasteiger partial charge in [0, 0.05) is 18.9 Å². The van der Waals surface area contributed by atoms with Crippen molar-refractivity contribution in [2.75, 3.05) is 12.5 Å². The number of carbonyl (C=O) groups excluding carboxylic acids is 1. The summed E-state index contributed by atoms with van der Waals surface area (Å²) in [5.74, 6) is 5.40. The van der Waals surface area contributed by atoms with Gasteiger partial charge in [-0.1, -0.05) is 17.7 Å². The van der Waals surface area contributed by atoms with Crippen molar-refractivity contribution in [3.63, 3.8) is 0 Å². The predicted molar refractivity (Wildman–Crippen MR) is 81.8 cm³/mol. The largest absolute Gasteiger partial charge is 0.336 e. The highest BCUT2D eigenvalue weighted by Gasteiger charge is 2.15. The van der Waals surface area contributed by atoms with Crippen molar-refractivity contribution in [1.29, 1.82) is 0 Å². The van der Waals surface area contributed by atoms with Crippen LogP contribution in [0.3, 0.4) is 0 Å². The van der Waals surface area contributed by atoms with Crippen molar-refractivity contribution in [2.24, 2.45) is 5.84 Å². The van der Waals surface area contributed by atoms with Gasteiger partial charge in [0.15, 0.2) is 5.82 Å². The minimum atomic E-state index is -0.184. The van der Waals surface area contributed by atoms with Crippen molar-refractivity contribution in [2.45, 2.75) is 13.5 Å². The minimum absolute atomic E-state index is 0.184. The molecular weight excluding hydrogens is 290 g/mol. The average Bonchev–Trinajstić information content (AvgIpc) is 2.46. The number of hydrogen-bond donors (Lipinski definition) is 2. The third-order valence-corrected chi connectivity index (χ3v) is 3.20. The molecule has 2 aromatic heterocycles. The van der Waals surface area contributed by atoms with E-state index in [2.05, 4.69) is 15.4 Å². The van der Waals surface area contributed by atoms with Crippen molar-refractivity contribution < 1.29 is 4.79 Å². The van der Waals surface area contributed by atoms with E-state index in [0.29, 0.717) is 22.9 Å². The Hall–Kier alpha value is -2.18. The maximum absolute atomic E-state index is 12.3. The lowest BCUT2D eigenvalue weighted by molar-refractivity contribution is 0.0783. The molecule has 0 saturated carbocycles. The van der Waals surface area contributed by atoms with E-state index in [0.717, 1.165) is 11.4 Å². The van der Waals surface area contributed by atoms with Crippen LogP contribution in [-0.4, -0.2) is 27.8 Å². The Labute approximate surface area is 127 Å². The Balaban J connectivity index is 2.14. The summed E-state index contributed by atoms with van der Waals surface area (Å²) in [6, 6.07) is 7.24. The number of hydrazine groups is 1. The number of aryl methyl sites for hydroxylation is 1. The molecular formula is C14H16ClN5O. The summed E-state index contributed by atoms with van der Waals surface area (Å²) in [7, 11) is 1.70. The van der Waals surface area contributed by atoms with Crippen LogP contribution in [0.2, 0.25) is 5.02 Å². The SMILES string of the molecule is Cc1cccc(CN(C)C(=O)c2cnc(NN)c(Cl)c2)n1. The van der Waals surface area contributed by atoms with Gasteiger partial charge in [-0.2, -0.15) is 0 Å². The van der Waals surface area contributed by atoms with E-state index >= 15 is 0 Å². The van der Waals surface area contributed by atoms with Gasteiger partial charge in [-0.25, -0.2) is 10.8 Å². The first kappa shape index (κ1) is 15.2. The second-order valence-electron chi connectivity index (χ2n) is 4.63. The Morgan fingerprint density at radius 2 is 2.24 bits per heavy atom. The lowest BCUT2D eigenvalue weighted by Crippen LogP contribution is -2.27. The number of nitrogens with zero attached hydrogens (tertiary/aromatic N) is 3. The number of pyridine rings is 2. The highest BCUT2D eigenvalue weighted by atomic mass is 35.5. The highest BCUT2D eigenvalue weighted by Crippen LogP contribution is 2.20. The van der Waals surface area contributed by atoms with E-state index < -0.39 is 0 Å². The minimum Gasteiger partial charge on any atom is -0.336 e. The van der Waals surface area contributed by atoms with Crippen LogP contribution in [0.15, 0.2) is 30.5 Å². The standard InChI is InChI=1S/C14H16ClN5O/c1-9-4-3-5-11(18-9)8-20(2)14(21)10-6-12(15)13(19-16)17-7-10/h3-7H,8,16H2,1-2H3,(H,17,19). The van der Waals surface area contributed by atoms with E-state index in [4.69, 9.17) is 17.4 Å². The number of anilines is 1. The van der Waals surface area contributed by atoms with Crippen molar-refractivity contribution in [1.82, 2.24) is 14.9 Å². The quantitative estimate of drug-likeness (QED) is 0.666. The van der Waals surface area contributed by atoms with Crippen molar-refractivity contribution in [3.05, 3.63) is 52.4 Å². The number of carbonyl (C=O) groups is 1. The lowest BCUT2D eigenvalue weighted by atomic mass is 10.2. The number of nitrogens with one attached hydrogen (secondary N) is 1. The Morgan fingerprint density at radius 3 is 2.86 bits per heavy atom. The van der Waals surface area contributed by atoms with Gasteiger partial charge in [0.1, 0.15) is 0 Å². The molecule has 0 spiro atoms. The van der Waals surface area contributed by atoms with Crippen LogP contribution in [0.4, 0.5) is 5.82 Å². The van der Waals surface area contributed by atoms with Crippen LogP contribution in [0.5, 0.6) is 0 Å². The molecule has 2 rings (SSSR count). The Morgan fingerprint density at radius 1 is 1.48 bits per heavy atom. The summed E-state index contributed by atoms with van der Waals surface area (Å²) in [6.07, 6.45) is 1.43. The fraction of sp³-hybridized carbons (Fsp3) is 0.214. The number of amides is 1. The van der Waals surface area contributed by atoms with Crippen LogP contribution in [0.1, 0.15) is 21.7 Å². The fourth-order valence-corrected chi connectivity index (χ4v) is 2.10. The molecule has 3 N–H and O–H groups in total. The average molecular weight is 306 g/mol. The van der Waals surface area contributed by atoms with E-state index in [-0.39, 0.29) is 5.91 Å². The molecule has 2 heterocycles. The number of halogens is 1. The Bertz CT molecular complexity index is 662. The van der Waals surface area contributed by atoms with Gasteiger partial charge in [0.25, 0.3) is 5.91 Å². The van der Waals surface area contributed by atoms with Crippen LogP contribution in [0.25, 0.3) is 0 Å². The summed E-state index contributed by atoms with van der Waals surface area (Å²) in [6.45, 7) is 2.32. The maximum atomic E-state index is 12.3. The molecule has 21 heavy (non-hydrogen) atoms. The summed E-state index contributed by atoms with van der Waals surface area (Å²) >= 11 is 5.97. The molecule has 0 fully saturated rings. The topological polar surface area (TPSA) is 84.1 Å². The summed E-state index contributed by atoms with van der Waals surface area (Å²) in [5, 5.41) is 0.297. The first-order chi connectivity index (χ1) is 10.0. The number of hydrogen-bond acceptors (Lipinski definition) is 5. The zero-order chi connectivity index (χ0) is 15.4. The number of aromatic nitrogens is 2. The van der Waals surface area contributed by atoms with Gasteiger partial charge in [0.2, 0.25) is 0 Å². The van der Waals surface area contributed by atoms with E-state index in [1.165, 1.54) is 12.3 Å². The molecule has 0 unspecified atom stereocenters. The van der Waals surface area contributed by atoms with Crippen LogP contribution in [-0.2, 0) is 6.54 Å². The third-order valence-electron chi connectivity index (χ3n) is 2.92. The zero-order valence-corrected chi connectivity index (χ0v) is 12.6. The number of rotatable bonds is 4. The number of nitrogen functional groups attached to an aromatic ring is 1. The fourth-order valence-electron chi connectivity index (χ4n) is 1.88. The predicted octanol–water partition coefficient (Wildman–Crippen LogP) is 2.00. The molecule has 0 aliphatic rings. The van der Waals surface area contributed by atoms with Gasteiger partial charge in [-0.05, 0) is 25.1 Å². The first-order valence-electron chi connectivity index (χ1n) is 6.31. The monoisotopic (exact) mass is 305 g/mol. The smallest absolute Gasteiger partial charge is 0.255 e. The molecule has 1 amide bonds. The number of nitrogens with two attached hydrogens (primary N) is 1. The normalized spacial score (nSPS) is 10.3. The van der Waals surface area contributed by atoms with Crippen molar-refractivity contribution >= 4 is 23.3 Å². The van der Waals surface area contributed by atoms with E-state index in [1.807, 2.05) is 25.1 Å². The molecule has 0 saturated heterocycles. The van der Waals surface area contributed by atoms with Gasteiger partial charge in [-0.3, -0.25) is 9.78 Å². The summed E-state index contributed by atoms with van der Waals surface area (Å²) < 4.78 is 0. The first-order valence-corrected chi connectivity index (χ1v) is 6.69. The third kappa shape index (κ3) is 3.68. The van der Waals surface area contributed by atoms with E-state index in [1.54, 1.807) is 11.9 Å². The highest BCUT2D eigenvalue weighted by molar-refractivity contribution is 6.33. The molecule has 2 aromatic rings. The second kappa shape index (κ2) is 6.51. The molecule has 0 aromatic carbocycles. The maximum Gasteiger partial charge on any atom is 0.255 e. The molecule has 0 aliphatic heterocycles. The van der Waals surface area contributed by atoms with Crippen LogP contribution < -0.4 is 11.3 Å². The van der Waals surface area contributed by atoms with Gasteiger partial charge in [0.05, 0.1) is 22.8 Å². The zero-order valence-electron chi connectivity index (χ0n) is 11.8. The van der Waals surface area contributed by atoms with Gasteiger partial charge < -0.3 is 10.3 Å². The van der Waals surface area contributed by atoms with Crippen LogP contribution in [0, 0.1) is 6.92 Å².